The van der Waals surface area contributed by atoms with Gasteiger partial charge >= 0.3 is 6.03 Å². The molecular formula is C25H19N7O5. The Morgan fingerprint density at radius 3 is 2.46 bits per heavy atom. The van der Waals surface area contributed by atoms with Gasteiger partial charge in [-0.15, -0.1) is 5.10 Å². The minimum Gasteiger partial charge on any atom is -0.439 e. The lowest BCUT2D eigenvalue weighted by molar-refractivity contribution is -0.137. The molecule has 2 N–H and O–H groups in total. The van der Waals surface area contributed by atoms with Crippen molar-refractivity contribution in [3.8, 4) is 34.5 Å². The molecule has 0 saturated carbocycles. The Balaban J connectivity index is 1.16. The van der Waals surface area contributed by atoms with Gasteiger partial charge in [-0.3, -0.25) is 20.2 Å². The standard InChI is InChI=1S/C25H19N7O5/c33-22-25(23(34)30-24(35)29-22)10-2-12-32(25)16-6-9-20(26-13-16)36-17-7-4-15(5-8-17)19-14-27-21(37-19)18-3-1-11-28-31-18/h1,3-9,11,13-14H,2,10,12H2,(H2,29,30,33,34,35). The van der Waals surface area contributed by atoms with E-state index < -0.39 is 23.4 Å². The lowest BCUT2D eigenvalue weighted by Gasteiger charge is -2.38. The van der Waals surface area contributed by atoms with Crippen molar-refractivity contribution in [3.05, 3.63) is 67.1 Å². The zero-order valence-corrected chi connectivity index (χ0v) is 19.2. The Morgan fingerprint density at radius 1 is 0.946 bits per heavy atom. The molecule has 1 spiro atoms. The molecule has 6 rings (SSSR count). The largest absolute Gasteiger partial charge is 0.439 e. The Bertz CT molecular complexity index is 1470. The van der Waals surface area contributed by atoms with Crippen LogP contribution in [0.2, 0.25) is 0 Å². The molecule has 3 aromatic heterocycles. The molecule has 1 aromatic carbocycles. The fourth-order valence-corrected chi connectivity index (χ4v) is 4.53. The van der Waals surface area contributed by atoms with E-state index in [0.717, 1.165) is 5.56 Å². The van der Waals surface area contributed by atoms with E-state index in [-0.39, 0.29) is 0 Å². The molecule has 2 saturated heterocycles. The van der Waals surface area contributed by atoms with Gasteiger partial charge in [0.1, 0.15) is 11.4 Å². The third-order valence-corrected chi connectivity index (χ3v) is 6.28. The summed E-state index contributed by atoms with van der Waals surface area (Å²) in [4.78, 5) is 47.1. The van der Waals surface area contributed by atoms with Gasteiger partial charge in [0.15, 0.2) is 11.3 Å². The monoisotopic (exact) mass is 497 g/mol. The van der Waals surface area contributed by atoms with Crippen molar-refractivity contribution in [2.75, 3.05) is 11.4 Å². The molecule has 184 valence electrons. The van der Waals surface area contributed by atoms with E-state index in [0.29, 0.717) is 54.0 Å². The fraction of sp³-hybridized carbons (Fsp3) is 0.160. The number of urea groups is 1. The Morgan fingerprint density at radius 2 is 1.76 bits per heavy atom. The first-order valence-electron chi connectivity index (χ1n) is 11.5. The van der Waals surface area contributed by atoms with E-state index in [9.17, 15) is 14.4 Å². The smallest absolute Gasteiger partial charge is 0.328 e. The van der Waals surface area contributed by atoms with Gasteiger partial charge in [-0.05, 0) is 55.3 Å². The first-order valence-corrected chi connectivity index (χ1v) is 11.5. The van der Waals surface area contributed by atoms with Gasteiger partial charge in [-0.2, -0.15) is 5.10 Å². The third-order valence-electron chi connectivity index (χ3n) is 6.28. The number of barbiturate groups is 1. The molecule has 2 fully saturated rings. The highest BCUT2D eigenvalue weighted by Crippen LogP contribution is 2.36. The number of anilines is 1. The minimum absolute atomic E-state index is 0.300. The average Bonchev–Trinajstić information content (AvgIpc) is 3.58. The van der Waals surface area contributed by atoms with Crippen LogP contribution in [0.15, 0.2) is 71.5 Å². The van der Waals surface area contributed by atoms with Crippen molar-refractivity contribution < 1.29 is 23.5 Å². The SMILES string of the molecule is O=C1NC(=O)C2(CCCN2c2ccc(Oc3ccc(-c4cnc(-c5cccnn5)o4)cc3)nc2)C(=O)N1. The molecule has 5 heterocycles. The molecule has 0 atom stereocenters. The van der Waals surface area contributed by atoms with Crippen molar-refractivity contribution >= 4 is 23.5 Å². The third kappa shape index (κ3) is 3.93. The molecule has 0 bridgehead atoms. The summed E-state index contributed by atoms with van der Waals surface area (Å²) in [6.07, 6.45) is 5.65. The first-order chi connectivity index (χ1) is 18.0. The van der Waals surface area contributed by atoms with Crippen LogP contribution in [0.25, 0.3) is 22.9 Å². The average molecular weight is 497 g/mol. The van der Waals surface area contributed by atoms with Gasteiger partial charge in [-0.25, -0.2) is 14.8 Å². The van der Waals surface area contributed by atoms with Gasteiger partial charge in [0.2, 0.25) is 11.8 Å². The zero-order chi connectivity index (χ0) is 25.4. The molecular weight excluding hydrogens is 478 g/mol. The van der Waals surface area contributed by atoms with E-state index in [4.69, 9.17) is 9.15 Å². The van der Waals surface area contributed by atoms with Gasteiger partial charge < -0.3 is 14.1 Å². The Labute approximate surface area is 209 Å². The van der Waals surface area contributed by atoms with Crippen LogP contribution in [0.1, 0.15) is 12.8 Å². The molecule has 2 aliphatic heterocycles. The summed E-state index contributed by atoms with van der Waals surface area (Å²) in [7, 11) is 0. The van der Waals surface area contributed by atoms with Crippen LogP contribution < -0.4 is 20.3 Å². The maximum absolute atomic E-state index is 12.6. The number of hydrogen-bond acceptors (Lipinski definition) is 10. The van der Waals surface area contributed by atoms with E-state index in [1.807, 2.05) is 12.1 Å². The topological polar surface area (TPSA) is 152 Å². The van der Waals surface area contributed by atoms with Gasteiger partial charge in [0.25, 0.3) is 11.8 Å². The molecule has 37 heavy (non-hydrogen) atoms. The fourth-order valence-electron chi connectivity index (χ4n) is 4.53. The second-order valence-corrected chi connectivity index (χ2v) is 8.47. The number of ether oxygens (including phenoxy) is 1. The number of rotatable bonds is 5. The number of nitrogens with zero attached hydrogens (tertiary/aromatic N) is 5. The maximum Gasteiger partial charge on any atom is 0.328 e. The summed E-state index contributed by atoms with van der Waals surface area (Å²) in [5.41, 5.74) is 0.451. The van der Waals surface area contributed by atoms with Crippen LogP contribution in [0.4, 0.5) is 10.5 Å². The summed E-state index contributed by atoms with van der Waals surface area (Å²) < 4.78 is 11.7. The van der Waals surface area contributed by atoms with E-state index in [1.165, 1.54) is 6.20 Å². The number of oxazole rings is 1. The highest BCUT2D eigenvalue weighted by Gasteiger charge is 2.57. The van der Waals surface area contributed by atoms with Crippen LogP contribution in [0, 0.1) is 0 Å². The number of hydrogen-bond donors (Lipinski definition) is 2. The van der Waals surface area contributed by atoms with Crippen LogP contribution in [-0.2, 0) is 9.59 Å². The first kappa shape index (κ1) is 22.3. The normalized spacial score (nSPS) is 16.5. The van der Waals surface area contributed by atoms with Crippen LogP contribution in [0.5, 0.6) is 11.6 Å². The summed E-state index contributed by atoms with van der Waals surface area (Å²) in [6, 6.07) is 13.3. The van der Waals surface area contributed by atoms with Gasteiger partial charge in [0, 0.05) is 24.4 Å². The summed E-state index contributed by atoms with van der Waals surface area (Å²) in [5.74, 6) is 0.584. The highest BCUT2D eigenvalue weighted by molar-refractivity contribution is 6.24. The molecule has 2 aliphatic rings. The predicted octanol–water partition coefficient (Wildman–Crippen LogP) is 2.69. The molecule has 0 aliphatic carbocycles. The second-order valence-electron chi connectivity index (χ2n) is 8.47. The van der Waals surface area contributed by atoms with Gasteiger partial charge in [0.05, 0.1) is 18.1 Å². The summed E-state index contributed by atoms with van der Waals surface area (Å²) in [5, 5.41) is 12.2. The maximum atomic E-state index is 12.6. The highest BCUT2D eigenvalue weighted by atomic mass is 16.5. The van der Waals surface area contributed by atoms with Crippen LogP contribution in [0.3, 0.4) is 0 Å². The quantitative estimate of drug-likeness (QED) is 0.394. The number of pyridine rings is 1. The number of amides is 4. The van der Waals surface area contributed by atoms with Crippen molar-refractivity contribution in [1.29, 1.82) is 0 Å². The van der Waals surface area contributed by atoms with Crippen LogP contribution >= 0.6 is 0 Å². The van der Waals surface area contributed by atoms with Gasteiger partial charge in [-0.1, -0.05) is 0 Å². The molecule has 12 heteroatoms. The number of aromatic nitrogens is 4. The molecule has 12 nitrogen and oxygen atoms in total. The lowest BCUT2D eigenvalue weighted by Crippen LogP contribution is -2.71. The zero-order valence-electron chi connectivity index (χ0n) is 19.2. The van der Waals surface area contributed by atoms with E-state index >= 15 is 0 Å². The molecule has 0 radical (unpaired) electrons. The number of imide groups is 2. The van der Waals surface area contributed by atoms with E-state index in [1.54, 1.807) is 53.7 Å². The second kappa shape index (κ2) is 8.82. The molecule has 4 amide bonds. The number of carbonyl (C=O) groups excluding carboxylic acids is 3. The number of carbonyl (C=O) groups is 3. The number of benzene rings is 1. The van der Waals surface area contributed by atoms with Crippen LogP contribution in [-0.4, -0.2) is 50.1 Å². The molecule has 0 unspecified atom stereocenters. The summed E-state index contributed by atoms with van der Waals surface area (Å²) in [6.45, 7) is 0.471. The van der Waals surface area contributed by atoms with E-state index in [2.05, 4.69) is 30.8 Å². The number of nitrogens with one attached hydrogen (secondary N) is 2. The lowest BCUT2D eigenvalue weighted by atomic mass is 9.92. The van der Waals surface area contributed by atoms with Crippen molar-refractivity contribution in [2.24, 2.45) is 0 Å². The van der Waals surface area contributed by atoms with Crippen molar-refractivity contribution in [1.82, 2.24) is 30.8 Å². The van der Waals surface area contributed by atoms with Crippen molar-refractivity contribution in [3.63, 3.8) is 0 Å². The predicted molar refractivity (Wildman–Crippen MR) is 128 cm³/mol. The summed E-state index contributed by atoms with van der Waals surface area (Å²) >= 11 is 0. The minimum atomic E-state index is -1.47. The Hall–Kier alpha value is -5.13. The Kier molecular flexibility index (Phi) is 5.33. The molecule has 4 aromatic rings. The van der Waals surface area contributed by atoms with Crippen molar-refractivity contribution in [2.45, 2.75) is 18.4 Å².